The number of hydrogen-bond donors (Lipinski definition) is 1. The second-order valence-electron chi connectivity index (χ2n) is 8.69. The highest BCUT2D eigenvalue weighted by atomic mass is 35.5. The normalized spacial score (nSPS) is 12.6. The van der Waals surface area contributed by atoms with E-state index in [2.05, 4.69) is 5.32 Å². The zero-order valence-electron chi connectivity index (χ0n) is 20.6. The van der Waals surface area contributed by atoms with Gasteiger partial charge in [-0.1, -0.05) is 84.7 Å². The largest absolute Gasteiger partial charge is 0.352 e. The van der Waals surface area contributed by atoms with Gasteiger partial charge in [0.15, 0.2) is 0 Å². The van der Waals surface area contributed by atoms with Crippen LogP contribution in [-0.4, -0.2) is 34.6 Å². The van der Waals surface area contributed by atoms with Gasteiger partial charge in [0.2, 0.25) is 11.8 Å². The lowest BCUT2D eigenvalue weighted by Crippen LogP contribution is -2.52. The van der Waals surface area contributed by atoms with Crippen LogP contribution in [0.4, 0.5) is 0 Å². The van der Waals surface area contributed by atoms with E-state index in [1.54, 1.807) is 28.8 Å². The van der Waals surface area contributed by atoms with Gasteiger partial charge in [0, 0.05) is 46.1 Å². The number of rotatable bonds is 12. The van der Waals surface area contributed by atoms with Crippen molar-refractivity contribution >= 4 is 46.8 Å². The maximum absolute atomic E-state index is 13.7. The minimum atomic E-state index is -0.678. The van der Waals surface area contributed by atoms with E-state index in [-0.39, 0.29) is 24.4 Å². The second kappa shape index (κ2) is 14.3. The molecule has 0 bridgehead atoms. The standard InChI is InChI=1S/C29H32Cl2N2O2S/c1-3-21(2)32-29(35)27(18-22-10-6-4-7-11-22)33(20-23-14-15-24(30)19-26(23)31)28(34)16-17-36-25-12-8-5-9-13-25/h4-15,19,21,27H,3,16-18,20H2,1-2H3,(H,32,35)/t21-,27-/m1/s1. The molecule has 0 saturated carbocycles. The van der Waals surface area contributed by atoms with Crippen LogP contribution in [0.2, 0.25) is 10.0 Å². The average molecular weight is 544 g/mol. The van der Waals surface area contributed by atoms with Gasteiger partial charge in [-0.3, -0.25) is 9.59 Å². The molecule has 1 N–H and O–H groups in total. The number of benzene rings is 3. The fourth-order valence-electron chi connectivity index (χ4n) is 3.75. The maximum Gasteiger partial charge on any atom is 0.243 e. The van der Waals surface area contributed by atoms with E-state index in [4.69, 9.17) is 23.2 Å². The summed E-state index contributed by atoms with van der Waals surface area (Å²) in [5, 5.41) is 4.08. The first-order chi connectivity index (χ1) is 17.4. The second-order valence-corrected chi connectivity index (χ2v) is 10.7. The van der Waals surface area contributed by atoms with E-state index in [0.717, 1.165) is 22.4 Å². The number of halogens is 2. The van der Waals surface area contributed by atoms with Crippen molar-refractivity contribution in [2.75, 3.05) is 5.75 Å². The van der Waals surface area contributed by atoms with E-state index >= 15 is 0 Å². The molecule has 36 heavy (non-hydrogen) atoms. The molecule has 0 spiro atoms. The Balaban J connectivity index is 1.89. The number of amides is 2. The number of nitrogens with one attached hydrogen (secondary N) is 1. The number of thioether (sulfide) groups is 1. The highest BCUT2D eigenvalue weighted by molar-refractivity contribution is 7.99. The van der Waals surface area contributed by atoms with Gasteiger partial charge in [-0.15, -0.1) is 11.8 Å². The summed E-state index contributed by atoms with van der Waals surface area (Å²) < 4.78 is 0. The Bertz CT molecular complexity index is 1130. The fourth-order valence-corrected chi connectivity index (χ4v) is 5.08. The van der Waals surface area contributed by atoms with Gasteiger partial charge in [0.05, 0.1) is 0 Å². The minimum Gasteiger partial charge on any atom is -0.352 e. The highest BCUT2D eigenvalue weighted by Crippen LogP contribution is 2.25. The first-order valence-electron chi connectivity index (χ1n) is 12.1. The molecule has 0 aliphatic heterocycles. The van der Waals surface area contributed by atoms with E-state index in [9.17, 15) is 9.59 Å². The van der Waals surface area contributed by atoms with Crippen LogP contribution in [0.25, 0.3) is 0 Å². The quantitative estimate of drug-likeness (QED) is 0.250. The number of nitrogens with zero attached hydrogens (tertiary/aromatic N) is 1. The summed E-state index contributed by atoms with van der Waals surface area (Å²) in [5.41, 5.74) is 1.74. The van der Waals surface area contributed by atoms with Crippen molar-refractivity contribution < 1.29 is 9.59 Å². The molecule has 3 rings (SSSR count). The molecule has 7 heteroatoms. The lowest BCUT2D eigenvalue weighted by molar-refractivity contribution is -0.141. The molecule has 3 aromatic carbocycles. The van der Waals surface area contributed by atoms with Gasteiger partial charge < -0.3 is 10.2 Å². The van der Waals surface area contributed by atoms with Gasteiger partial charge in [-0.05, 0) is 48.7 Å². The van der Waals surface area contributed by atoms with Crippen molar-refractivity contribution in [3.63, 3.8) is 0 Å². The zero-order valence-corrected chi connectivity index (χ0v) is 23.0. The Morgan fingerprint density at radius 1 is 0.972 bits per heavy atom. The molecule has 190 valence electrons. The van der Waals surface area contributed by atoms with Crippen molar-refractivity contribution in [1.29, 1.82) is 0 Å². The Labute approximate surface area is 228 Å². The Kier molecular flexibility index (Phi) is 11.2. The molecule has 2 atom stereocenters. The summed E-state index contributed by atoms with van der Waals surface area (Å²) in [5.74, 6) is 0.352. The molecular weight excluding hydrogens is 511 g/mol. The first kappa shape index (κ1) is 28.1. The topological polar surface area (TPSA) is 49.4 Å². The van der Waals surface area contributed by atoms with Crippen LogP contribution >= 0.6 is 35.0 Å². The van der Waals surface area contributed by atoms with Crippen molar-refractivity contribution in [3.8, 4) is 0 Å². The number of carbonyl (C=O) groups is 2. The maximum atomic E-state index is 13.7. The minimum absolute atomic E-state index is 0.000446. The third kappa shape index (κ3) is 8.58. The molecule has 0 fully saturated rings. The monoisotopic (exact) mass is 542 g/mol. The first-order valence-corrected chi connectivity index (χ1v) is 13.9. The average Bonchev–Trinajstić information content (AvgIpc) is 2.88. The Morgan fingerprint density at radius 2 is 1.64 bits per heavy atom. The predicted molar refractivity (Wildman–Crippen MR) is 151 cm³/mol. The molecule has 2 amide bonds. The van der Waals surface area contributed by atoms with E-state index < -0.39 is 6.04 Å². The zero-order chi connectivity index (χ0) is 25.9. The third-order valence-electron chi connectivity index (χ3n) is 5.96. The van der Waals surface area contributed by atoms with Crippen molar-refractivity contribution in [1.82, 2.24) is 10.2 Å². The van der Waals surface area contributed by atoms with E-state index in [1.165, 1.54) is 0 Å². The summed E-state index contributed by atoms with van der Waals surface area (Å²) in [7, 11) is 0. The summed E-state index contributed by atoms with van der Waals surface area (Å²) in [6, 6.07) is 24.3. The lowest BCUT2D eigenvalue weighted by atomic mass is 10.0. The Hall–Kier alpha value is -2.47. The van der Waals surface area contributed by atoms with Crippen LogP contribution in [0.3, 0.4) is 0 Å². The SMILES string of the molecule is CC[C@@H](C)NC(=O)[C@@H](Cc1ccccc1)N(Cc1ccc(Cl)cc1Cl)C(=O)CCSc1ccccc1. The van der Waals surface area contributed by atoms with Crippen LogP contribution in [0.5, 0.6) is 0 Å². The molecule has 0 saturated heterocycles. The van der Waals surface area contributed by atoms with Gasteiger partial charge in [-0.25, -0.2) is 0 Å². The van der Waals surface area contributed by atoms with E-state index in [0.29, 0.717) is 28.6 Å². The van der Waals surface area contributed by atoms with Crippen LogP contribution in [-0.2, 0) is 22.6 Å². The molecule has 0 aromatic heterocycles. The van der Waals surface area contributed by atoms with Crippen molar-refractivity contribution in [3.05, 3.63) is 100 Å². The Morgan fingerprint density at radius 3 is 2.28 bits per heavy atom. The summed E-state index contributed by atoms with van der Waals surface area (Å²) in [6.45, 7) is 4.21. The molecule has 0 heterocycles. The molecule has 4 nitrogen and oxygen atoms in total. The molecule has 3 aromatic rings. The van der Waals surface area contributed by atoms with Crippen LogP contribution in [0, 0.1) is 0 Å². The van der Waals surface area contributed by atoms with Crippen molar-refractivity contribution in [2.45, 2.75) is 56.6 Å². The summed E-state index contributed by atoms with van der Waals surface area (Å²) in [6.07, 6.45) is 1.51. The van der Waals surface area contributed by atoms with E-state index in [1.807, 2.05) is 80.6 Å². The van der Waals surface area contributed by atoms with Crippen molar-refractivity contribution in [2.24, 2.45) is 0 Å². The van der Waals surface area contributed by atoms with Crippen LogP contribution in [0.15, 0.2) is 83.8 Å². The summed E-state index contributed by atoms with van der Waals surface area (Å²) >= 11 is 14.2. The molecular formula is C29H32Cl2N2O2S. The smallest absolute Gasteiger partial charge is 0.243 e. The highest BCUT2D eigenvalue weighted by Gasteiger charge is 2.31. The number of hydrogen-bond acceptors (Lipinski definition) is 3. The molecule has 0 unspecified atom stereocenters. The van der Waals surface area contributed by atoms with Crippen LogP contribution in [0.1, 0.15) is 37.8 Å². The van der Waals surface area contributed by atoms with Crippen LogP contribution < -0.4 is 5.32 Å². The van der Waals surface area contributed by atoms with Gasteiger partial charge in [-0.2, -0.15) is 0 Å². The predicted octanol–water partition coefficient (Wildman–Crippen LogP) is 7.03. The molecule has 0 aliphatic rings. The molecule has 0 aliphatic carbocycles. The number of carbonyl (C=O) groups excluding carboxylic acids is 2. The molecule has 0 radical (unpaired) electrons. The van der Waals surface area contributed by atoms with Gasteiger partial charge >= 0.3 is 0 Å². The van der Waals surface area contributed by atoms with Gasteiger partial charge in [0.1, 0.15) is 6.04 Å². The summed E-state index contributed by atoms with van der Waals surface area (Å²) in [4.78, 5) is 30.0. The third-order valence-corrected chi connectivity index (χ3v) is 7.56. The fraction of sp³-hybridized carbons (Fsp3) is 0.310. The lowest BCUT2D eigenvalue weighted by Gasteiger charge is -2.32. The van der Waals surface area contributed by atoms with Gasteiger partial charge in [0.25, 0.3) is 0 Å².